The Morgan fingerprint density at radius 2 is 1.75 bits per heavy atom. The number of hydrogen-bond donors (Lipinski definition) is 2. The first-order chi connectivity index (χ1) is 13.7. The Morgan fingerprint density at radius 3 is 2.50 bits per heavy atom. The molecule has 2 aliphatic rings. The summed E-state index contributed by atoms with van der Waals surface area (Å²) < 4.78 is 5.10. The van der Waals surface area contributed by atoms with Gasteiger partial charge in [0.25, 0.3) is 5.91 Å². The van der Waals surface area contributed by atoms with E-state index in [2.05, 4.69) is 15.5 Å². The highest BCUT2D eigenvalue weighted by Gasteiger charge is 2.29. The number of likely N-dealkylation sites (tertiary alicyclic amines) is 2. The number of rotatable bonds is 4. The van der Waals surface area contributed by atoms with Crippen LogP contribution in [-0.4, -0.2) is 54.0 Å². The molecule has 7 nitrogen and oxygen atoms in total. The van der Waals surface area contributed by atoms with Crippen LogP contribution in [0, 0.1) is 0 Å². The molecule has 28 heavy (non-hydrogen) atoms. The first kappa shape index (κ1) is 18.6. The molecule has 148 valence electrons. The molecule has 2 aliphatic heterocycles. The van der Waals surface area contributed by atoms with E-state index >= 15 is 0 Å². The van der Waals surface area contributed by atoms with E-state index in [4.69, 9.17) is 4.42 Å². The van der Waals surface area contributed by atoms with Crippen LogP contribution in [0.5, 0.6) is 0 Å². The second-order valence-corrected chi connectivity index (χ2v) is 7.43. The molecular formula is C21H26N4O3. The zero-order valence-corrected chi connectivity index (χ0v) is 15.9. The number of benzene rings is 1. The Labute approximate surface area is 164 Å². The molecule has 0 saturated carbocycles. The number of carbonyl (C=O) groups excluding carboxylic acids is 2. The topological polar surface area (TPSA) is 77.8 Å². The average molecular weight is 382 g/mol. The van der Waals surface area contributed by atoms with Crippen LogP contribution in [0.25, 0.3) is 0 Å². The lowest BCUT2D eigenvalue weighted by Crippen LogP contribution is -2.50. The Bertz CT molecular complexity index is 815. The molecule has 0 aliphatic carbocycles. The zero-order chi connectivity index (χ0) is 19.3. The van der Waals surface area contributed by atoms with Gasteiger partial charge in [0, 0.05) is 30.5 Å². The molecule has 7 heteroatoms. The summed E-state index contributed by atoms with van der Waals surface area (Å²) in [5, 5.41) is 5.74. The fourth-order valence-electron chi connectivity index (χ4n) is 4.02. The maximum absolute atomic E-state index is 12.7. The van der Waals surface area contributed by atoms with Crippen LogP contribution in [-0.2, 0) is 0 Å². The highest BCUT2D eigenvalue weighted by molar-refractivity contribution is 6.02. The highest BCUT2D eigenvalue weighted by atomic mass is 16.3. The van der Waals surface area contributed by atoms with Crippen molar-refractivity contribution in [3.05, 3.63) is 48.4 Å². The Hall–Kier alpha value is -2.80. The quantitative estimate of drug-likeness (QED) is 0.847. The van der Waals surface area contributed by atoms with Gasteiger partial charge in [-0.1, -0.05) is 6.07 Å². The molecule has 1 atom stereocenters. The van der Waals surface area contributed by atoms with Gasteiger partial charge in [-0.05, 0) is 69.1 Å². The molecule has 0 unspecified atom stereocenters. The van der Waals surface area contributed by atoms with E-state index in [9.17, 15) is 9.59 Å². The van der Waals surface area contributed by atoms with E-state index in [1.807, 2.05) is 11.0 Å². The lowest BCUT2D eigenvalue weighted by molar-refractivity contribution is 0.0996. The van der Waals surface area contributed by atoms with Gasteiger partial charge in [-0.25, -0.2) is 4.79 Å². The van der Waals surface area contributed by atoms with Gasteiger partial charge in [0.05, 0.1) is 6.26 Å². The summed E-state index contributed by atoms with van der Waals surface area (Å²) in [4.78, 5) is 29.3. The van der Waals surface area contributed by atoms with Crippen LogP contribution in [0.15, 0.2) is 47.1 Å². The molecule has 2 saturated heterocycles. The van der Waals surface area contributed by atoms with Gasteiger partial charge in [0.15, 0.2) is 5.76 Å². The number of furan rings is 1. The molecule has 0 radical (unpaired) electrons. The predicted octanol–water partition coefficient (Wildman–Crippen LogP) is 3.62. The Kier molecular flexibility index (Phi) is 5.62. The molecule has 0 bridgehead atoms. The molecule has 0 spiro atoms. The summed E-state index contributed by atoms with van der Waals surface area (Å²) in [7, 11) is 0. The summed E-state index contributed by atoms with van der Waals surface area (Å²) in [6.45, 7) is 3.86. The van der Waals surface area contributed by atoms with Crippen LogP contribution in [0.1, 0.15) is 36.2 Å². The highest BCUT2D eigenvalue weighted by Crippen LogP contribution is 2.22. The van der Waals surface area contributed by atoms with Crippen LogP contribution < -0.4 is 10.6 Å². The maximum Gasteiger partial charge on any atom is 0.321 e. The van der Waals surface area contributed by atoms with Gasteiger partial charge in [-0.3, -0.25) is 9.69 Å². The SMILES string of the molecule is O=C(Nc1cccc(NC(=O)N2CCC[C@@H](N3CCCC3)C2)c1)c1ccco1. The van der Waals surface area contributed by atoms with Crippen LogP contribution in [0.2, 0.25) is 0 Å². The number of anilines is 2. The van der Waals surface area contributed by atoms with Gasteiger partial charge >= 0.3 is 6.03 Å². The Morgan fingerprint density at radius 1 is 0.964 bits per heavy atom. The van der Waals surface area contributed by atoms with Gasteiger partial charge in [0.1, 0.15) is 0 Å². The monoisotopic (exact) mass is 382 g/mol. The van der Waals surface area contributed by atoms with Gasteiger partial charge in [0.2, 0.25) is 0 Å². The number of amides is 3. The van der Waals surface area contributed by atoms with Crippen molar-refractivity contribution in [3.8, 4) is 0 Å². The first-order valence-electron chi connectivity index (χ1n) is 9.94. The molecule has 3 heterocycles. The number of hydrogen-bond acceptors (Lipinski definition) is 4. The fraction of sp³-hybridized carbons (Fsp3) is 0.429. The van der Waals surface area contributed by atoms with Crippen molar-refractivity contribution in [1.29, 1.82) is 0 Å². The second kappa shape index (κ2) is 8.48. The molecular weight excluding hydrogens is 356 g/mol. The fourth-order valence-corrected chi connectivity index (χ4v) is 4.02. The summed E-state index contributed by atoms with van der Waals surface area (Å²) in [6, 6.07) is 10.8. The molecule has 1 aromatic carbocycles. The van der Waals surface area contributed by atoms with E-state index in [0.717, 1.165) is 39.0 Å². The minimum absolute atomic E-state index is 0.0848. The third-order valence-corrected chi connectivity index (χ3v) is 5.46. The van der Waals surface area contributed by atoms with E-state index in [1.165, 1.54) is 19.1 Å². The number of nitrogens with one attached hydrogen (secondary N) is 2. The number of nitrogens with zero attached hydrogens (tertiary/aromatic N) is 2. The molecule has 3 amide bonds. The van der Waals surface area contributed by atoms with E-state index in [0.29, 0.717) is 17.4 Å². The van der Waals surface area contributed by atoms with Crippen molar-refractivity contribution >= 4 is 23.3 Å². The largest absolute Gasteiger partial charge is 0.459 e. The molecule has 2 N–H and O–H groups in total. The minimum atomic E-state index is -0.321. The third kappa shape index (κ3) is 4.36. The number of carbonyl (C=O) groups is 2. The normalized spacial score (nSPS) is 20.1. The lowest BCUT2D eigenvalue weighted by atomic mass is 10.0. The van der Waals surface area contributed by atoms with Gasteiger partial charge in [-0.2, -0.15) is 0 Å². The molecule has 1 aromatic heterocycles. The smallest absolute Gasteiger partial charge is 0.321 e. The average Bonchev–Trinajstić information content (AvgIpc) is 3.42. The van der Waals surface area contributed by atoms with Crippen LogP contribution >= 0.6 is 0 Å². The molecule has 2 fully saturated rings. The van der Waals surface area contributed by atoms with E-state index in [1.54, 1.807) is 30.3 Å². The standard InChI is InChI=1S/C21H26N4O3/c26-20(19-9-5-13-28-19)22-16-6-3-7-17(14-16)23-21(27)25-12-4-8-18(15-25)24-10-1-2-11-24/h3,5-7,9,13-14,18H,1-2,4,8,10-12,15H2,(H,22,26)(H,23,27)/t18-/m1/s1. The van der Waals surface area contributed by atoms with Gasteiger partial charge in [-0.15, -0.1) is 0 Å². The summed E-state index contributed by atoms with van der Waals surface area (Å²) in [5.41, 5.74) is 1.26. The van der Waals surface area contributed by atoms with Crippen LogP contribution in [0.4, 0.5) is 16.2 Å². The van der Waals surface area contributed by atoms with Crippen molar-refractivity contribution in [2.24, 2.45) is 0 Å². The van der Waals surface area contributed by atoms with Crippen LogP contribution in [0.3, 0.4) is 0 Å². The summed E-state index contributed by atoms with van der Waals surface area (Å²) in [5.74, 6) is -0.0753. The van der Waals surface area contributed by atoms with E-state index in [-0.39, 0.29) is 17.7 Å². The second-order valence-electron chi connectivity index (χ2n) is 7.43. The van der Waals surface area contributed by atoms with Crippen molar-refractivity contribution in [3.63, 3.8) is 0 Å². The first-order valence-corrected chi connectivity index (χ1v) is 9.94. The van der Waals surface area contributed by atoms with Crippen molar-refractivity contribution in [1.82, 2.24) is 9.80 Å². The number of piperidine rings is 1. The van der Waals surface area contributed by atoms with Crippen molar-refractivity contribution in [2.45, 2.75) is 31.7 Å². The molecule has 4 rings (SSSR count). The van der Waals surface area contributed by atoms with Crippen molar-refractivity contribution in [2.75, 3.05) is 36.8 Å². The van der Waals surface area contributed by atoms with Crippen molar-refractivity contribution < 1.29 is 14.0 Å². The predicted molar refractivity (Wildman–Crippen MR) is 108 cm³/mol. The lowest BCUT2D eigenvalue weighted by Gasteiger charge is -2.37. The van der Waals surface area contributed by atoms with E-state index < -0.39 is 0 Å². The molecule has 2 aromatic rings. The minimum Gasteiger partial charge on any atom is -0.459 e. The third-order valence-electron chi connectivity index (χ3n) is 5.46. The number of urea groups is 1. The maximum atomic E-state index is 12.7. The Balaban J connectivity index is 1.35. The zero-order valence-electron chi connectivity index (χ0n) is 15.9. The summed E-state index contributed by atoms with van der Waals surface area (Å²) in [6.07, 6.45) is 6.18. The van der Waals surface area contributed by atoms with Gasteiger partial charge < -0.3 is 20.0 Å². The summed E-state index contributed by atoms with van der Waals surface area (Å²) >= 11 is 0.